The summed E-state index contributed by atoms with van der Waals surface area (Å²) in [4.78, 5) is 11.7. The molecule has 0 bridgehead atoms. The number of alkyl halides is 3. The van der Waals surface area contributed by atoms with Crippen molar-refractivity contribution in [2.45, 2.75) is 11.9 Å². The number of aromatic nitrogens is 5. The normalized spacial score (nSPS) is 14.1. The Balaban J connectivity index is 1.63. The molecular formula is C17H13F3N6O2S. The van der Waals surface area contributed by atoms with Gasteiger partial charge in [-0.3, -0.25) is 4.98 Å². The fraction of sp³-hybridized carbons (Fsp3) is 0.176. The van der Waals surface area contributed by atoms with Crippen LogP contribution >= 0.6 is 0 Å². The highest BCUT2D eigenvalue weighted by molar-refractivity contribution is 7.92. The fourth-order valence-corrected chi connectivity index (χ4v) is 3.95. The number of imidazole rings is 1. The average molecular weight is 422 g/mol. The van der Waals surface area contributed by atoms with Crippen LogP contribution in [-0.2, 0) is 21.7 Å². The summed E-state index contributed by atoms with van der Waals surface area (Å²) in [5, 5.41) is 3.37. The third kappa shape index (κ3) is 4.26. The van der Waals surface area contributed by atoms with E-state index in [1.807, 2.05) is 0 Å². The summed E-state index contributed by atoms with van der Waals surface area (Å²) in [7, 11) is -2.62. The average Bonchev–Trinajstić information content (AvgIpc) is 3.27. The zero-order valence-electron chi connectivity index (χ0n) is 14.9. The van der Waals surface area contributed by atoms with Crippen LogP contribution in [0.25, 0.3) is 17.0 Å². The van der Waals surface area contributed by atoms with Gasteiger partial charge in [-0.25, -0.2) is 9.19 Å². The second-order valence-corrected chi connectivity index (χ2v) is 8.63. The van der Waals surface area contributed by atoms with Crippen molar-refractivity contribution in [3.8, 4) is 11.4 Å². The summed E-state index contributed by atoms with van der Waals surface area (Å²) in [5.74, 6) is -1.51. The van der Waals surface area contributed by atoms with Crippen LogP contribution in [0.4, 0.5) is 18.9 Å². The summed E-state index contributed by atoms with van der Waals surface area (Å²) in [6.07, 6.45) is 3.07. The molecule has 29 heavy (non-hydrogen) atoms. The van der Waals surface area contributed by atoms with E-state index in [-0.39, 0.29) is 11.6 Å². The SMILES string of the molecule is CS(=O)(Cc1cn2cc(-c3noc(C(F)(F)F)n3)ccc2n1)=Nc1cccnc1. The van der Waals surface area contributed by atoms with Gasteiger partial charge in [-0.1, -0.05) is 5.16 Å². The Labute approximate surface area is 162 Å². The third-order valence-corrected chi connectivity index (χ3v) is 5.22. The van der Waals surface area contributed by atoms with E-state index in [0.717, 1.165) is 0 Å². The predicted molar refractivity (Wildman–Crippen MR) is 97.6 cm³/mol. The Hall–Kier alpha value is -3.28. The molecule has 0 radical (unpaired) electrons. The van der Waals surface area contributed by atoms with Crippen LogP contribution in [0.3, 0.4) is 0 Å². The molecule has 0 amide bonds. The van der Waals surface area contributed by atoms with E-state index < -0.39 is 21.8 Å². The van der Waals surface area contributed by atoms with Gasteiger partial charge >= 0.3 is 12.1 Å². The lowest BCUT2D eigenvalue weighted by molar-refractivity contribution is -0.159. The van der Waals surface area contributed by atoms with Gasteiger partial charge in [-0.05, 0) is 24.3 Å². The van der Waals surface area contributed by atoms with Gasteiger partial charge in [-0.15, -0.1) is 0 Å². The smallest absolute Gasteiger partial charge is 0.329 e. The quantitative estimate of drug-likeness (QED) is 0.497. The van der Waals surface area contributed by atoms with Crippen molar-refractivity contribution >= 4 is 21.1 Å². The topological polar surface area (TPSA) is 98.5 Å². The van der Waals surface area contributed by atoms with Gasteiger partial charge in [0.05, 0.1) is 33.1 Å². The lowest BCUT2D eigenvalue weighted by Crippen LogP contribution is -2.04. The van der Waals surface area contributed by atoms with Crippen molar-refractivity contribution in [3.63, 3.8) is 0 Å². The van der Waals surface area contributed by atoms with Crippen molar-refractivity contribution in [3.05, 3.63) is 60.6 Å². The molecule has 8 nitrogen and oxygen atoms in total. The second kappa shape index (κ2) is 6.95. The third-order valence-electron chi connectivity index (χ3n) is 3.79. The van der Waals surface area contributed by atoms with Gasteiger partial charge < -0.3 is 8.92 Å². The number of nitrogens with zero attached hydrogens (tertiary/aromatic N) is 6. The number of fused-ring (bicyclic) bond motifs is 1. The van der Waals surface area contributed by atoms with Crippen LogP contribution in [0.1, 0.15) is 11.6 Å². The first-order valence-corrected chi connectivity index (χ1v) is 10.3. The summed E-state index contributed by atoms with van der Waals surface area (Å²) >= 11 is 0. The van der Waals surface area contributed by atoms with Gasteiger partial charge in [0.15, 0.2) is 0 Å². The maximum atomic E-state index is 12.8. The highest BCUT2D eigenvalue weighted by Crippen LogP contribution is 2.29. The van der Waals surface area contributed by atoms with Crippen molar-refractivity contribution in [1.82, 2.24) is 24.5 Å². The first kappa shape index (κ1) is 19.1. The molecular weight excluding hydrogens is 409 g/mol. The second-order valence-electron chi connectivity index (χ2n) is 6.24. The van der Waals surface area contributed by atoms with Crippen LogP contribution in [0.2, 0.25) is 0 Å². The fourth-order valence-electron chi connectivity index (χ4n) is 2.64. The molecule has 1 unspecified atom stereocenters. The van der Waals surface area contributed by atoms with Crippen LogP contribution in [-0.4, -0.2) is 35.0 Å². The van der Waals surface area contributed by atoms with E-state index in [4.69, 9.17) is 0 Å². The molecule has 0 N–H and O–H groups in total. The Morgan fingerprint density at radius 1 is 1.21 bits per heavy atom. The molecule has 0 aromatic carbocycles. The first-order valence-electron chi connectivity index (χ1n) is 8.18. The van der Waals surface area contributed by atoms with E-state index in [1.54, 1.807) is 35.0 Å². The molecule has 12 heteroatoms. The molecule has 0 spiro atoms. The minimum absolute atomic E-state index is 0.0966. The highest BCUT2D eigenvalue weighted by atomic mass is 32.2. The van der Waals surface area contributed by atoms with E-state index in [2.05, 4.69) is 29.0 Å². The minimum atomic E-state index is -4.71. The molecule has 0 saturated carbocycles. The Morgan fingerprint density at radius 2 is 2.03 bits per heavy atom. The van der Waals surface area contributed by atoms with Crippen molar-refractivity contribution < 1.29 is 21.9 Å². The number of halogens is 3. The summed E-state index contributed by atoms with van der Waals surface area (Å²) < 4.78 is 60.8. The lowest BCUT2D eigenvalue weighted by atomic mass is 10.3. The van der Waals surface area contributed by atoms with E-state index in [0.29, 0.717) is 22.6 Å². The molecule has 1 atom stereocenters. The molecule has 0 aliphatic heterocycles. The molecule has 4 aromatic rings. The molecule has 4 rings (SSSR count). The van der Waals surface area contributed by atoms with Crippen LogP contribution in [0.15, 0.2) is 57.9 Å². The lowest BCUT2D eigenvalue weighted by Gasteiger charge is -2.01. The Bertz CT molecular complexity index is 1290. The van der Waals surface area contributed by atoms with Gasteiger partial charge in [0.25, 0.3) is 0 Å². The van der Waals surface area contributed by atoms with E-state index >= 15 is 0 Å². The Morgan fingerprint density at radius 3 is 2.72 bits per heavy atom. The predicted octanol–water partition coefficient (Wildman–Crippen LogP) is 3.73. The largest absolute Gasteiger partial charge is 0.471 e. The van der Waals surface area contributed by atoms with Gasteiger partial charge in [0.1, 0.15) is 5.65 Å². The summed E-state index contributed by atoms with van der Waals surface area (Å²) in [5.41, 5.74) is 1.87. The standard InChI is InChI=1S/C17H13F3N6O2S/c1-29(27,25-12-3-2-6-21-7-12)10-13-9-26-8-11(4-5-14(26)22-13)15-23-16(28-24-15)17(18,19)20/h2-9H,10H2,1H3. The zero-order valence-corrected chi connectivity index (χ0v) is 15.7. The molecule has 4 heterocycles. The van der Waals surface area contributed by atoms with Crippen molar-refractivity contribution in [2.75, 3.05) is 6.26 Å². The minimum Gasteiger partial charge on any atom is -0.329 e. The Kier molecular flexibility index (Phi) is 4.57. The number of hydrogen-bond acceptors (Lipinski definition) is 7. The van der Waals surface area contributed by atoms with Crippen LogP contribution in [0, 0.1) is 0 Å². The molecule has 0 saturated heterocycles. The van der Waals surface area contributed by atoms with Crippen LogP contribution < -0.4 is 0 Å². The van der Waals surface area contributed by atoms with Crippen LogP contribution in [0.5, 0.6) is 0 Å². The molecule has 0 aliphatic carbocycles. The maximum Gasteiger partial charge on any atom is 0.471 e. The number of pyridine rings is 2. The molecule has 0 fully saturated rings. The van der Waals surface area contributed by atoms with Gasteiger partial charge in [-0.2, -0.15) is 22.5 Å². The monoisotopic (exact) mass is 422 g/mol. The molecule has 150 valence electrons. The summed E-state index contributed by atoms with van der Waals surface area (Å²) in [6, 6.07) is 6.52. The zero-order chi connectivity index (χ0) is 20.6. The highest BCUT2D eigenvalue weighted by Gasteiger charge is 2.38. The molecule has 4 aromatic heterocycles. The van der Waals surface area contributed by atoms with Gasteiger partial charge in [0.2, 0.25) is 5.82 Å². The molecule has 0 aliphatic rings. The number of rotatable bonds is 4. The summed E-state index contributed by atoms with van der Waals surface area (Å²) in [6.45, 7) is 0. The first-order chi connectivity index (χ1) is 13.7. The van der Waals surface area contributed by atoms with Crippen molar-refractivity contribution in [1.29, 1.82) is 0 Å². The van der Waals surface area contributed by atoms with E-state index in [1.165, 1.54) is 24.7 Å². The van der Waals surface area contributed by atoms with Gasteiger partial charge in [0, 0.05) is 30.4 Å². The maximum absolute atomic E-state index is 12.8. The number of hydrogen-bond donors (Lipinski definition) is 0. The van der Waals surface area contributed by atoms with Crippen molar-refractivity contribution in [2.24, 2.45) is 4.36 Å². The van der Waals surface area contributed by atoms with E-state index in [9.17, 15) is 17.4 Å².